The van der Waals surface area contributed by atoms with Gasteiger partial charge in [0, 0.05) is 0 Å². The van der Waals surface area contributed by atoms with Crippen LogP contribution in [-0.2, 0) is 0 Å². The maximum absolute atomic E-state index is 12.0. The lowest BCUT2D eigenvalue weighted by Crippen LogP contribution is -2.15. The molecule has 0 amide bonds. The van der Waals surface area contributed by atoms with Crippen molar-refractivity contribution in [3.63, 3.8) is 0 Å². The number of alkyl halides is 3. The predicted molar refractivity (Wildman–Crippen MR) is 54.9 cm³/mol. The molecule has 0 aliphatic carbocycles. The monoisotopic (exact) mass is 231 g/mol. The molecule has 0 heterocycles. The molecule has 0 saturated carbocycles. The third kappa shape index (κ3) is 3.27. The lowest BCUT2D eigenvalue weighted by atomic mass is 10.1. The maximum atomic E-state index is 12.0. The van der Waals surface area contributed by atoms with Crippen LogP contribution in [0.2, 0.25) is 0 Å². The van der Waals surface area contributed by atoms with E-state index in [4.69, 9.17) is 10.8 Å². The van der Waals surface area contributed by atoms with E-state index in [1.165, 1.54) is 0 Å². The average molecular weight is 231 g/mol. The Morgan fingerprint density at radius 1 is 1.31 bits per heavy atom. The van der Waals surface area contributed by atoms with Gasteiger partial charge in [-0.15, -0.1) is 0 Å². The molecule has 1 rings (SSSR count). The molecule has 5 heteroatoms. The van der Waals surface area contributed by atoms with Crippen LogP contribution in [0.15, 0.2) is 36.1 Å². The number of hydrogen-bond donors (Lipinski definition) is 2. The first-order valence-electron chi connectivity index (χ1n) is 4.61. The van der Waals surface area contributed by atoms with Crippen LogP contribution in [-0.4, -0.2) is 11.3 Å². The Kier molecular flexibility index (Phi) is 3.59. The topological polar surface area (TPSA) is 46.2 Å². The van der Waals surface area contributed by atoms with Gasteiger partial charge in [-0.2, -0.15) is 13.2 Å². The van der Waals surface area contributed by atoms with E-state index in [1.54, 1.807) is 24.3 Å². The first-order valence-corrected chi connectivity index (χ1v) is 4.61. The zero-order valence-electron chi connectivity index (χ0n) is 8.62. The summed E-state index contributed by atoms with van der Waals surface area (Å²) in [5, 5.41) is 8.73. The molecule has 1 aromatic rings. The van der Waals surface area contributed by atoms with Crippen molar-refractivity contribution in [3.05, 3.63) is 47.2 Å². The van der Waals surface area contributed by atoms with Crippen LogP contribution in [0.5, 0.6) is 0 Å². The minimum Gasteiger partial charge on any atom is -0.504 e. The molecule has 0 spiro atoms. The fourth-order valence-electron chi connectivity index (χ4n) is 1.15. The first-order chi connectivity index (χ1) is 7.30. The van der Waals surface area contributed by atoms with Crippen molar-refractivity contribution < 1.29 is 18.3 Å². The van der Waals surface area contributed by atoms with Crippen molar-refractivity contribution >= 4 is 0 Å². The molecule has 0 saturated heterocycles. The quantitative estimate of drug-likeness (QED) is 0.768. The van der Waals surface area contributed by atoms with Gasteiger partial charge in [-0.05, 0) is 18.6 Å². The number of aliphatic hydroxyl groups excluding tert-OH is 1. The van der Waals surface area contributed by atoms with Gasteiger partial charge in [-0.1, -0.05) is 29.8 Å². The van der Waals surface area contributed by atoms with Crippen molar-refractivity contribution in [3.8, 4) is 0 Å². The summed E-state index contributed by atoms with van der Waals surface area (Å²) in [7, 11) is 0. The molecule has 0 fully saturated rings. The van der Waals surface area contributed by atoms with E-state index in [0.717, 1.165) is 5.56 Å². The normalized spacial score (nSPS) is 14.9. The number of halogens is 3. The maximum Gasteiger partial charge on any atom is 0.448 e. The third-order valence-electron chi connectivity index (χ3n) is 2.09. The molecule has 1 unspecified atom stereocenters. The zero-order valence-corrected chi connectivity index (χ0v) is 8.62. The van der Waals surface area contributed by atoms with Gasteiger partial charge in [0.1, 0.15) is 0 Å². The third-order valence-corrected chi connectivity index (χ3v) is 2.09. The lowest BCUT2D eigenvalue weighted by Gasteiger charge is -2.10. The highest BCUT2D eigenvalue weighted by Crippen LogP contribution is 2.25. The molecule has 0 aromatic heterocycles. The zero-order chi connectivity index (χ0) is 12.3. The van der Waals surface area contributed by atoms with E-state index >= 15 is 0 Å². The second-order valence-corrected chi connectivity index (χ2v) is 3.49. The van der Waals surface area contributed by atoms with Crippen LogP contribution in [0.4, 0.5) is 13.2 Å². The molecule has 0 bridgehead atoms. The Labute approximate surface area is 91.2 Å². The van der Waals surface area contributed by atoms with Crippen LogP contribution in [0.1, 0.15) is 17.2 Å². The molecule has 1 atom stereocenters. The van der Waals surface area contributed by atoms with Gasteiger partial charge in [-0.25, -0.2) is 0 Å². The average Bonchev–Trinajstić information content (AvgIpc) is 2.17. The number of hydrogen-bond acceptors (Lipinski definition) is 2. The number of allylic oxidation sites excluding steroid dienone is 1. The molecule has 1 aromatic carbocycles. The van der Waals surface area contributed by atoms with Crippen molar-refractivity contribution in [1.82, 2.24) is 0 Å². The fraction of sp³-hybridized carbons (Fsp3) is 0.273. The van der Waals surface area contributed by atoms with E-state index in [9.17, 15) is 13.2 Å². The molecule has 16 heavy (non-hydrogen) atoms. The van der Waals surface area contributed by atoms with E-state index in [1.807, 2.05) is 6.92 Å². The van der Waals surface area contributed by atoms with Crippen LogP contribution in [0, 0.1) is 6.92 Å². The van der Waals surface area contributed by atoms with E-state index in [2.05, 4.69) is 0 Å². The summed E-state index contributed by atoms with van der Waals surface area (Å²) in [6, 6.07) is 5.77. The van der Waals surface area contributed by atoms with Gasteiger partial charge in [0.05, 0.1) is 6.04 Å². The molecular formula is C11H12F3NO. The molecule has 3 N–H and O–H groups in total. The minimum absolute atomic E-state index is 0.515. The van der Waals surface area contributed by atoms with Gasteiger partial charge < -0.3 is 10.8 Å². The van der Waals surface area contributed by atoms with Crippen LogP contribution in [0.25, 0.3) is 0 Å². The summed E-state index contributed by atoms with van der Waals surface area (Å²) >= 11 is 0. The number of benzene rings is 1. The van der Waals surface area contributed by atoms with Gasteiger partial charge >= 0.3 is 6.18 Å². The molecule has 0 radical (unpaired) electrons. The fourth-order valence-corrected chi connectivity index (χ4v) is 1.15. The van der Waals surface area contributed by atoms with Crippen LogP contribution in [0.3, 0.4) is 0 Å². The largest absolute Gasteiger partial charge is 0.504 e. The SMILES string of the molecule is Cc1ccc(C(N)/C=C(\O)C(F)(F)F)cc1. The highest BCUT2D eigenvalue weighted by molar-refractivity contribution is 5.27. The first kappa shape index (κ1) is 12.6. The second kappa shape index (κ2) is 4.57. The number of aliphatic hydroxyl groups is 1. The second-order valence-electron chi connectivity index (χ2n) is 3.49. The number of nitrogens with two attached hydrogens (primary N) is 1. The predicted octanol–water partition coefficient (Wildman–Crippen LogP) is 3.00. The summed E-state index contributed by atoms with van der Waals surface area (Å²) < 4.78 is 36.0. The molecule has 2 nitrogen and oxygen atoms in total. The highest BCUT2D eigenvalue weighted by Gasteiger charge is 2.34. The summed E-state index contributed by atoms with van der Waals surface area (Å²) in [4.78, 5) is 0. The smallest absolute Gasteiger partial charge is 0.448 e. The van der Waals surface area contributed by atoms with Gasteiger partial charge in [0.25, 0.3) is 0 Å². The Balaban J connectivity index is 2.87. The van der Waals surface area contributed by atoms with E-state index in [0.29, 0.717) is 11.6 Å². The van der Waals surface area contributed by atoms with Crippen molar-refractivity contribution in [2.24, 2.45) is 5.73 Å². The number of rotatable bonds is 2. The van der Waals surface area contributed by atoms with Gasteiger partial charge in [0.2, 0.25) is 0 Å². The number of aryl methyl sites for hydroxylation is 1. The van der Waals surface area contributed by atoms with Gasteiger partial charge in [-0.3, -0.25) is 0 Å². The Morgan fingerprint density at radius 2 is 1.81 bits per heavy atom. The lowest BCUT2D eigenvalue weighted by molar-refractivity contribution is -0.121. The Morgan fingerprint density at radius 3 is 2.25 bits per heavy atom. The van der Waals surface area contributed by atoms with Crippen LogP contribution >= 0.6 is 0 Å². The molecule has 88 valence electrons. The molecular weight excluding hydrogens is 219 g/mol. The van der Waals surface area contributed by atoms with E-state index < -0.39 is 18.0 Å². The molecule has 0 aliphatic heterocycles. The Bertz CT molecular complexity index is 381. The van der Waals surface area contributed by atoms with Gasteiger partial charge in [0.15, 0.2) is 5.76 Å². The van der Waals surface area contributed by atoms with Crippen molar-refractivity contribution in [2.75, 3.05) is 0 Å². The minimum atomic E-state index is -4.75. The summed E-state index contributed by atoms with van der Waals surface area (Å²) in [6.45, 7) is 1.86. The van der Waals surface area contributed by atoms with E-state index in [-0.39, 0.29) is 0 Å². The standard InChI is InChI=1S/C11H12F3NO/c1-7-2-4-8(5-3-7)9(15)6-10(16)11(12,13)14/h2-6,9,16H,15H2,1H3/b10-6-. The van der Waals surface area contributed by atoms with Crippen molar-refractivity contribution in [1.29, 1.82) is 0 Å². The Hall–Kier alpha value is -1.49. The summed E-state index contributed by atoms with van der Waals surface area (Å²) in [5.41, 5.74) is 7.01. The van der Waals surface area contributed by atoms with Crippen LogP contribution < -0.4 is 5.73 Å². The molecule has 0 aliphatic rings. The van der Waals surface area contributed by atoms with Crippen molar-refractivity contribution in [2.45, 2.75) is 19.1 Å². The summed E-state index contributed by atoms with van der Waals surface area (Å²) in [5.74, 6) is -1.67. The summed E-state index contributed by atoms with van der Waals surface area (Å²) in [6.07, 6.45) is -4.16. The highest BCUT2D eigenvalue weighted by atomic mass is 19.4.